The summed E-state index contributed by atoms with van der Waals surface area (Å²) in [5, 5.41) is 4.78. The Hall–Kier alpha value is -7.69. The van der Waals surface area contributed by atoms with Crippen molar-refractivity contribution < 1.29 is 4.42 Å². The summed E-state index contributed by atoms with van der Waals surface area (Å²) in [5.41, 5.74) is 13.7. The van der Waals surface area contributed by atoms with E-state index in [1.807, 2.05) is 36.4 Å². The predicted molar refractivity (Wildman–Crippen MR) is 237 cm³/mol. The highest BCUT2D eigenvalue weighted by Gasteiger charge is 2.24. The predicted octanol–water partition coefficient (Wildman–Crippen LogP) is 14.5. The quantitative estimate of drug-likeness (QED) is 0.164. The second-order valence-electron chi connectivity index (χ2n) is 14.4. The number of nitrogens with zero attached hydrogens (tertiary/aromatic N) is 3. The van der Waals surface area contributed by atoms with Crippen LogP contribution >= 0.6 is 0 Å². The molecule has 0 aliphatic heterocycles. The molecular formula is C53H35N3O. The first kappa shape index (κ1) is 32.7. The second kappa shape index (κ2) is 13.6. The molecule has 0 N–H and O–H groups in total. The van der Waals surface area contributed by atoms with Gasteiger partial charge >= 0.3 is 0 Å². The molecule has 2 heterocycles. The van der Waals surface area contributed by atoms with Crippen LogP contribution in [0.2, 0.25) is 0 Å². The number of oxazole rings is 1. The van der Waals surface area contributed by atoms with Gasteiger partial charge in [0.25, 0.3) is 0 Å². The Morgan fingerprint density at radius 3 is 1.75 bits per heavy atom. The first-order chi connectivity index (χ1) is 28.3. The Kier molecular flexibility index (Phi) is 7.78. The van der Waals surface area contributed by atoms with E-state index in [2.05, 4.69) is 185 Å². The molecule has 0 saturated heterocycles. The molecule has 0 saturated carbocycles. The largest absolute Gasteiger partial charge is 0.435 e. The Morgan fingerprint density at radius 2 is 1.04 bits per heavy atom. The van der Waals surface area contributed by atoms with Crippen molar-refractivity contribution in [3.8, 4) is 39.4 Å². The van der Waals surface area contributed by atoms with E-state index in [-0.39, 0.29) is 0 Å². The van der Waals surface area contributed by atoms with E-state index in [4.69, 9.17) is 9.40 Å². The summed E-state index contributed by atoms with van der Waals surface area (Å²) < 4.78 is 8.88. The molecule has 57 heavy (non-hydrogen) atoms. The maximum atomic E-state index is 6.45. The summed E-state index contributed by atoms with van der Waals surface area (Å²) in [5.74, 6) is 0.620. The fourth-order valence-corrected chi connectivity index (χ4v) is 8.37. The number of hydrogen-bond donors (Lipinski definition) is 0. The van der Waals surface area contributed by atoms with Crippen molar-refractivity contribution in [3.63, 3.8) is 0 Å². The van der Waals surface area contributed by atoms with E-state index in [9.17, 15) is 0 Å². The van der Waals surface area contributed by atoms with Crippen LogP contribution in [0.15, 0.2) is 217 Å². The van der Waals surface area contributed by atoms with Gasteiger partial charge in [0, 0.05) is 44.3 Å². The van der Waals surface area contributed by atoms with Gasteiger partial charge in [-0.15, -0.1) is 0 Å². The lowest BCUT2D eigenvalue weighted by atomic mass is 10.00. The number of aromatic nitrogens is 2. The summed E-state index contributed by atoms with van der Waals surface area (Å²) in [6.45, 7) is 0. The number of anilines is 3. The minimum atomic E-state index is 0.620. The van der Waals surface area contributed by atoms with Crippen LogP contribution in [0.5, 0.6) is 0 Å². The summed E-state index contributed by atoms with van der Waals surface area (Å²) in [6.07, 6.45) is 0. The van der Waals surface area contributed by atoms with Crippen LogP contribution in [-0.2, 0) is 0 Å². The number of hydrogen-bond acceptors (Lipinski definition) is 3. The lowest BCUT2D eigenvalue weighted by molar-refractivity contribution is 0.621. The van der Waals surface area contributed by atoms with Gasteiger partial charge in [-0.05, 0) is 88.8 Å². The molecular weight excluding hydrogens is 695 g/mol. The minimum Gasteiger partial charge on any atom is -0.435 e. The zero-order valence-electron chi connectivity index (χ0n) is 31.0. The maximum Gasteiger partial charge on any atom is 0.227 e. The van der Waals surface area contributed by atoms with E-state index in [0.717, 1.165) is 50.5 Å². The highest BCUT2D eigenvalue weighted by molar-refractivity contribution is 6.24. The molecule has 268 valence electrons. The summed E-state index contributed by atoms with van der Waals surface area (Å²) in [7, 11) is 0. The first-order valence-electron chi connectivity index (χ1n) is 19.3. The van der Waals surface area contributed by atoms with Gasteiger partial charge in [-0.1, -0.05) is 146 Å². The molecule has 0 radical (unpaired) electrons. The van der Waals surface area contributed by atoms with Crippen LogP contribution in [0, 0.1) is 0 Å². The third-order valence-electron chi connectivity index (χ3n) is 11.0. The second-order valence-corrected chi connectivity index (χ2v) is 14.4. The fourth-order valence-electron chi connectivity index (χ4n) is 8.37. The molecule has 0 fully saturated rings. The van der Waals surface area contributed by atoms with E-state index in [0.29, 0.717) is 5.89 Å². The van der Waals surface area contributed by atoms with Crippen LogP contribution in [0.25, 0.3) is 83.1 Å². The number of para-hydroxylation sites is 3. The topological polar surface area (TPSA) is 34.2 Å². The highest BCUT2D eigenvalue weighted by atomic mass is 16.3. The third kappa shape index (κ3) is 5.58. The van der Waals surface area contributed by atoms with Gasteiger partial charge in [0.2, 0.25) is 5.89 Å². The Morgan fingerprint density at radius 1 is 0.456 bits per heavy atom. The van der Waals surface area contributed by atoms with Gasteiger partial charge in [-0.2, -0.15) is 0 Å². The van der Waals surface area contributed by atoms with Crippen molar-refractivity contribution in [1.82, 2.24) is 9.55 Å². The van der Waals surface area contributed by atoms with E-state index < -0.39 is 0 Å². The Balaban J connectivity index is 1.14. The third-order valence-corrected chi connectivity index (χ3v) is 11.0. The summed E-state index contributed by atoms with van der Waals surface area (Å²) in [4.78, 5) is 7.26. The molecule has 0 amide bonds. The molecule has 0 unspecified atom stereocenters. The zero-order valence-corrected chi connectivity index (χ0v) is 31.0. The summed E-state index contributed by atoms with van der Waals surface area (Å²) in [6, 6.07) is 75.2. The van der Waals surface area contributed by atoms with Crippen molar-refractivity contribution in [1.29, 1.82) is 0 Å². The molecule has 0 aliphatic carbocycles. The van der Waals surface area contributed by atoms with Crippen molar-refractivity contribution in [2.24, 2.45) is 0 Å². The Labute approximate surface area is 330 Å². The zero-order chi connectivity index (χ0) is 37.7. The highest BCUT2D eigenvalue weighted by Crippen LogP contribution is 2.47. The first-order valence-corrected chi connectivity index (χ1v) is 19.3. The molecule has 0 aliphatic rings. The standard InChI is InChI=1S/C53H35N3O/c1-4-15-36(16-5-1)37-27-31-42(32-28-37)55(43-33-29-38(30-34-43)45-24-14-25-47-52(45)57-53(54-47)39-17-6-2-7-18-39)49-35-40-19-10-11-22-44(40)51-50(49)46-23-12-13-26-48(46)56(51)41-20-8-3-9-21-41/h1-35H. The smallest absolute Gasteiger partial charge is 0.227 e. The van der Waals surface area contributed by atoms with Crippen LogP contribution in [0.4, 0.5) is 17.1 Å². The van der Waals surface area contributed by atoms with Crippen molar-refractivity contribution in [3.05, 3.63) is 212 Å². The van der Waals surface area contributed by atoms with E-state index in [1.165, 1.54) is 43.7 Å². The van der Waals surface area contributed by atoms with Crippen molar-refractivity contribution >= 4 is 60.7 Å². The van der Waals surface area contributed by atoms with Crippen molar-refractivity contribution in [2.45, 2.75) is 0 Å². The molecule has 0 atom stereocenters. The van der Waals surface area contributed by atoms with Gasteiger partial charge < -0.3 is 13.9 Å². The molecule has 9 aromatic carbocycles. The van der Waals surface area contributed by atoms with Gasteiger partial charge in [0.15, 0.2) is 5.58 Å². The minimum absolute atomic E-state index is 0.620. The SMILES string of the molecule is c1ccc(-c2ccc(N(c3ccc(-c4cccc5nc(-c6ccccc6)oc45)cc3)c3cc4ccccc4c4c3c3ccccc3n4-c3ccccc3)cc2)cc1. The molecule has 11 aromatic rings. The molecule has 0 bridgehead atoms. The van der Waals surface area contributed by atoms with Crippen LogP contribution < -0.4 is 4.90 Å². The molecule has 11 rings (SSSR count). The maximum absolute atomic E-state index is 6.45. The Bertz CT molecular complexity index is 3200. The van der Waals surface area contributed by atoms with Gasteiger partial charge in [0.05, 0.1) is 16.7 Å². The number of benzene rings is 9. The monoisotopic (exact) mass is 729 g/mol. The summed E-state index contributed by atoms with van der Waals surface area (Å²) >= 11 is 0. The van der Waals surface area contributed by atoms with Gasteiger partial charge in [-0.25, -0.2) is 4.98 Å². The van der Waals surface area contributed by atoms with E-state index >= 15 is 0 Å². The molecule has 4 nitrogen and oxygen atoms in total. The van der Waals surface area contributed by atoms with Gasteiger partial charge in [0.1, 0.15) is 5.52 Å². The van der Waals surface area contributed by atoms with Crippen LogP contribution in [-0.4, -0.2) is 9.55 Å². The van der Waals surface area contributed by atoms with Crippen molar-refractivity contribution in [2.75, 3.05) is 4.90 Å². The normalized spacial score (nSPS) is 11.5. The average Bonchev–Trinajstić information content (AvgIpc) is 3.89. The molecule has 2 aromatic heterocycles. The van der Waals surface area contributed by atoms with E-state index in [1.54, 1.807) is 0 Å². The molecule has 0 spiro atoms. The van der Waals surface area contributed by atoms with Crippen LogP contribution in [0.1, 0.15) is 0 Å². The number of rotatable bonds is 7. The van der Waals surface area contributed by atoms with Gasteiger partial charge in [-0.3, -0.25) is 0 Å². The lowest BCUT2D eigenvalue weighted by Gasteiger charge is -2.27. The number of fused-ring (bicyclic) bond motifs is 6. The van der Waals surface area contributed by atoms with Crippen LogP contribution in [0.3, 0.4) is 0 Å². The lowest BCUT2D eigenvalue weighted by Crippen LogP contribution is -2.10. The average molecular weight is 730 g/mol. The molecule has 4 heteroatoms. The fraction of sp³-hybridized carbons (Fsp3) is 0.